The Balaban J connectivity index is 2.10. The summed E-state index contributed by atoms with van der Waals surface area (Å²) >= 11 is 11.7. The number of rotatable bonds is 4. The molecule has 2 aromatic carbocycles. The molecule has 0 saturated heterocycles. The highest BCUT2D eigenvalue weighted by Gasteiger charge is 2.31. The zero-order valence-electron chi connectivity index (χ0n) is 13.2. The topological polar surface area (TPSA) is 55.4 Å². The third kappa shape index (κ3) is 4.89. The van der Waals surface area contributed by atoms with Gasteiger partial charge in [0.25, 0.3) is 5.91 Å². The van der Waals surface area contributed by atoms with Crippen LogP contribution in [0.1, 0.15) is 22.8 Å². The van der Waals surface area contributed by atoms with Crippen LogP contribution in [0.15, 0.2) is 42.5 Å². The summed E-state index contributed by atoms with van der Waals surface area (Å²) in [5.74, 6) is -1.68. The molecule has 1 N–H and O–H groups in total. The second kappa shape index (κ2) is 7.97. The van der Waals surface area contributed by atoms with Crippen LogP contribution < -0.4 is 5.32 Å². The summed E-state index contributed by atoms with van der Waals surface area (Å²) in [4.78, 5) is 24.1. The van der Waals surface area contributed by atoms with Gasteiger partial charge in [-0.15, -0.1) is 0 Å². The SMILES string of the molecule is C[C@H](OC(=O)c1ccccc1Cl)C(=O)Nc1cc(C(F)(F)F)ccc1Cl. The van der Waals surface area contributed by atoms with E-state index in [1.807, 2.05) is 0 Å². The minimum atomic E-state index is -4.59. The Morgan fingerprint density at radius 3 is 2.35 bits per heavy atom. The fourth-order valence-corrected chi connectivity index (χ4v) is 2.31. The summed E-state index contributed by atoms with van der Waals surface area (Å²) in [7, 11) is 0. The van der Waals surface area contributed by atoms with Gasteiger partial charge in [-0.3, -0.25) is 4.79 Å². The van der Waals surface area contributed by atoms with E-state index in [0.29, 0.717) is 6.07 Å². The summed E-state index contributed by atoms with van der Waals surface area (Å²) in [6, 6.07) is 8.58. The minimum Gasteiger partial charge on any atom is -0.449 e. The highest BCUT2D eigenvalue weighted by molar-refractivity contribution is 6.34. The van der Waals surface area contributed by atoms with Gasteiger partial charge in [0.05, 0.1) is 26.9 Å². The Morgan fingerprint density at radius 1 is 1.08 bits per heavy atom. The lowest BCUT2D eigenvalue weighted by Gasteiger charge is -2.16. The van der Waals surface area contributed by atoms with Crippen molar-refractivity contribution in [1.82, 2.24) is 0 Å². The Labute approximate surface area is 156 Å². The number of anilines is 1. The number of benzene rings is 2. The molecule has 2 rings (SSSR count). The van der Waals surface area contributed by atoms with E-state index in [1.165, 1.54) is 19.1 Å². The number of hydrogen-bond acceptors (Lipinski definition) is 3. The molecule has 2 aromatic rings. The standard InChI is InChI=1S/C17H12Cl2F3NO3/c1-9(26-16(25)11-4-2-3-5-12(11)18)15(24)23-14-8-10(17(20,21)22)6-7-13(14)19/h2-9H,1H3,(H,23,24)/t9-/m0/s1. The summed E-state index contributed by atoms with van der Waals surface area (Å²) in [6.45, 7) is 1.27. The van der Waals surface area contributed by atoms with Gasteiger partial charge in [-0.05, 0) is 37.3 Å². The van der Waals surface area contributed by atoms with Gasteiger partial charge in [-0.1, -0.05) is 35.3 Å². The van der Waals surface area contributed by atoms with E-state index in [1.54, 1.807) is 12.1 Å². The molecule has 0 aromatic heterocycles. The summed E-state index contributed by atoms with van der Waals surface area (Å²) in [5, 5.41) is 2.27. The maximum atomic E-state index is 12.8. The predicted octanol–water partition coefficient (Wildman–Crippen LogP) is 5.20. The second-order valence-electron chi connectivity index (χ2n) is 5.21. The van der Waals surface area contributed by atoms with Crippen LogP contribution in [0.25, 0.3) is 0 Å². The molecule has 0 bridgehead atoms. The molecular formula is C17H12Cl2F3NO3. The molecule has 1 atom stereocenters. The average Bonchev–Trinajstić information content (AvgIpc) is 2.55. The zero-order valence-corrected chi connectivity index (χ0v) is 14.7. The van der Waals surface area contributed by atoms with Gasteiger partial charge in [-0.2, -0.15) is 13.2 Å². The summed E-state index contributed by atoms with van der Waals surface area (Å²) < 4.78 is 43.3. The monoisotopic (exact) mass is 405 g/mol. The molecule has 0 fully saturated rings. The lowest BCUT2D eigenvalue weighted by molar-refractivity contribution is -0.137. The molecule has 1 amide bonds. The number of esters is 1. The molecule has 0 unspecified atom stereocenters. The maximum absolute atomic E-state index is 12.8. The van der Waals surface area contributed by atoms with Gasteiger partial charge in [0.1, 0.15) is 0 Å². The van der Waals surface area contributed by atoms with Crippen LogP contribution in [-0.2, 0) is 15.7 Å². The van der Waals surface area contributed by atoms with Crippen molar-refractivity contribution >= 4 is 40.8 Å². The van der Waals surface area contributed by atoms with Crippen molar-refractivity contribution in [3.63, 3.8) is 0 Å². The molecule has 0 heterocycles. The first-order valence-electron chi connectivity index (χ1n) is 7.22. The molecular weight excluding hydrogens is 394 g/mol. The predicted molar refractivity (Wildman–Crippen MR) is 91.4 cm³/mol. The normalized spacial score (nSPS) is 12.4. The number of amides is 1. The fourth-order valence-electron chi connectivity index (χ4n) is 1.94. The quantitative estimate of drug-likeness (QED) is 0.711. The Hall–Kier alpha value is -2.25. The van der Waals surface area contributed by atoms with Gasteiger partial charge in [0.15, 0.2) is 6.10 Å². The van der Waals surface area contributed by atoms with E-state index in [2.05, 4.69) is 5.32 Å². The number of carbonyl (C=O) groups excluding carboxylic acids is 2. The number of carbonyl (C=O) groups is 2. The first kappa shape index (κ1) is 20.1. The highest BCUT2D eigenvalue weighted by atomic mass is 35.5. The van der Waals surface area contributed by atoms with Gasteiger partial charge in [-0.25, -0.2) is 4.79 Å². The van der Waals surface area contributed by atoms with Crippen LogP contribution in [0.2, 0.25) is 10.0 Å². The molecule has 138 valence electrons. The molecule has 26 heavy (non-hydrogen) atoms. The Morgan fingerprint density at radius 2 is 1.73 bits per heavy atom. The van der Waals surface area contributed by atoms with E-state index in [0.717, 1.165) is 12.1 Å². The summed E-state index contributed by atoms with van der Waals surface area (Å²) in [6.07, 6.45) is -5.88. The van der Waals surface area contributed by atoms with Crippen molar-refractivity contribution in [3.05, 3.63) is 63.6 Å². The van der Waals surface area contributed by atoms with Crippen molar-refractivity contribution in [1.29, 1.82) is 0 Å². The van der Waals surface area contributed by atoms with Crippen LogP contribution in [0.4, 0.5) is 18.9 Å². The van der Waals surface area contributed by atoms with Gasteiger partial charge < -0.3 is 10.1 Å². The zero-order chi connectivity index (χ0) is 19.5. The van der Waals surface area contributed by atoms with E-state index in [4.69, 9.17) is 27.9 Å². The largest absolute Gasteiger partial charge is 0.449 e. The molecule has 0 aliphatic heterocycles. The van der Waals surface area contributed by atoms with Crippen LogP contribution in [-0.4, -0.2) is 18.0 Å². The second-order valence-corrected chi connectivity index (χ2v) is 6.02. The van der Waals surface area contributed by atoms with Crippen LogP contribution >= 0.6 is 23.2 Å². The lowest BCUT2D eigenvalue weighted by Crippen LogP contribution is -2.30. The Bertz CT molecular complexity index is 840. The van der Waals surface area contributed by atoms with Crippen molar-refractivity contribution in [2.24, 2.45) is 0 Å². The number of nitrogens with one attached hydrogen (secondary N) is 1. The van der Waals surface area contributed by atoms with E-state index >= 15 is 0 Å². The van der Waals surface area contributed by atoms with Crippen LogP contribution in [0.5, 0.6) is 0 Å². The third-order valence-electron chi connectivity index (χ3n) is 3.30. The van der Waals surface area contributed by atoms with Crippen molar-refractivity contribution < 1.29 is 27.5 Å². The number of alkyl halides is 3. The van der Waals surface area contributed by atoms with Crippen molar-refractivity contribution in [3.8, 4) is 0 Å². The molecule has 4 nitrogen and oxygen atoms in total. The van der Waals surface area contributed by atoms with E-state index in [9.17, 15) is 22.8 Å². The first-order chi connectivity index (χ1) is 12.1. The fraction of sp³-hybridized carbons (Fsp3) is 0.176. The van der Waals surface area contributed by atoms with Gasteiger partial charge >= 0.3 is 12.1 Å². The van der Waals surface area contributed by atoms with Crippen molar-refractivity contribution in [2.45, 2.75) is 19.2 Å². The third-order valence-corrected chi connectivity index (χ3v) is 3.96. The molecule has 0 spiro atoms. The van der Waals surface area contributed by atoms with Crippen LogP contribution in [0, 0.1) is 0 Å². The molecule has 0 aliphatic carbocycles. The number of hydrogen-bond donors (Lipinski definition) is 1. The van der Waals surface area contributed by atoms with Crippen molar-refractivity contribution in [2.75, 3.05) is 5.32 Å². The van der Waals surface area contributed by atoms with E-state index in [-0.39, 0.29) is 21.3 Å². The Kier molecular flexibility index (Phi) is 6.15. The van der Waals surface area contributed by atoms with Gasteiger partial charge in [0.2, 0.25) is 0 Å². The first-order valence-corrected chi connectivity index (χ1v) is 7.98. The molecule has 0 saturated carbocycles. The highest BCUT2D eigenvalue weighted by Crippen LogP contribution is 2.33. The molecule has 0 radical (unpaired) electrons. The maximum Gasteiger partial charge on any atom is 0.416 e. The number of ether oxygens (including phenoxy) is 1. The van der Waals surface area contributed by atoms with Gasteiger partial charge in [0, 0.05) is 0 Å². The minimum absolute atomic E-state index is 0.0610. The molecule has 9 heteroatoms. The lowest BCUT2D eigenvalue weighted by atomic mass is 10.2. The summed E-state index contributed by atoms with van der Waals surface area (Å²) in [5.41, 5.74) is -1.16. The van der Waals surface area contributed by atoms with Crippen LogP contribution in [0.3, 0.4) is 0 Å². The number of halogens is 5. The average molecular weight is 406 g/mol. The molecule has 0 aliphatic rings. The smallest absolute Gasteiger partial charge is 0.416 e. The van der Waals surface area contributed by atoms with E-state index < -0.39 is 29.7 Å².